The molecule has 2 aliphatic carbocycles. The Hall–Kier alpha value is -0.0800. The Morgan fingerprint density at radius 2 is 1.80 bits per heavy atom. The summed E-state index contributed by atoms with van der Waals surface area (Å²) in [6, 6.07) is 1.72. The molecule has 3 unspecified atom stereocenters. The largest absolute Gasteiger partial charge is 0.314 e. The van der Waals surface area contributed by atoms with E-state index in [-0.39, 0.29) is 0 Å². The first-order valence-corrected chi connectivity index (χ1v) is 9.25. The Bertz CT molecular complexity index is 262. The van der Waals surface area contributed by atoms with Crippen molar-refractivity contribution in [2.75, 3.05) is 19.6 Å². The van der Waals surface area contributed by atoms with Crippen molar-refractivity contribution >= 4 is 0 Å². The third-order valence-corrected chi connectivity index (χ3v) is 5.37. The van der Waals surface area contributed by atoms with Crippen LogP contribution in [0.25, 0.3) is 0 Å². The zero-order valence-electron chi connectivity index (χ0n) is 14.0. The van der Waals surface area contributed by atoms with E-state index in [0.717, 1.165) is 23.9 Å². The lowest BCUT2D eigenvalue weighted by atomic mass is 9.76. The summed E-state index contributed by atoms with van der Waals surface area (Å²) in [5.74, 6) is 1.88. The SMILES string of the molecule is CCCNC1CCC(CC)CC1CN(CCC)C1CC1. The Kier molecular flexibility index (Phi) is 6.83. The van der Waals surface area contributed by atoms with Crippen LogP contribution in [0.4, 0.5) is 0 Å². The molecule has 2 saturated carbocycles. The van der Waals surface area contributed by atoms with E-state index in [0.29, 0.717) is 0 Å². The highest BCUT2D eigenvalue weighted by molar-refractivity contribution is 4.91. The molecule has 0 saturated heterocycles. The van der Waals surface area contributed by atoms with Gasteiger partial charge in [-0.1, -0.05) is 27.2 Å². The minimum atomic E-state index is 0.788. The summed E-state index contributed by atoms with van der Waals surface area (Å²) in [4.78, 5) is 2.81. The number of hydrogen-bond donors (Lipinski definition) is 1. The number of hydrogen-bond acceptors (Lipinski definition) is 2. The molecule has 0 heterocycles. The molecular formula is C18H36N2. The van der Waals surface area contributed by atoms with Crippen molar-refractivity contribution < 1.29 is 0 Å². The molecule has 2 aliphatic rings. The summed E-state index contributed by atoms with van der Waals surface area (Å²) in [7, 11) is 0. The molecule has 0 aliphatic heterocycles. The summed E-state index contributed by atoms with van der Waals surface area (Å²) >= 11 is 0. The van der Waals surface area contributed by atoms with Gasteiger partial charge >= 0.3 is 0 Å². The predicted molar refractivity (Wildman–Crippen MR) is 88.1 cm³/mol. The Balaban J connectivity index is 1.90. The predicted octanol–water partition coefficient (Wildman–Crippen LogP) is 4.06. The summed E-state index contributed by atoms with van der Waals surface area (Å²) < 4.78 is 0. The first-order valence-electron chi connectivity index (χ1n) is 9.25. The van der Waals surface area contributed by atoms with Crippen LogP contribution >= 0.6 is 0 Å². The van der Waals surface area contributed by atoms with Crippen LogP contribution in [0.2, 0.25) is 0 Å². The van der Waals surface area contributed by atoms with Crippen LogP contribution in [-0.4, -0.2) is 36.6 Å². The van der Waals surface area contributed by atoms with Gasteiger partial charge in [0.25, 0.3) is 0 Å². The number of rotatable bonds is 9. The third kappa shape index (κ3) is 4.73. The van der Waals surface area contributed by atoms with Crippen LogP contribution in [0.5, 0.6) is 0 Å². The maximum Gasteiger partial charge on any atom is 0.0108 e. The van der Waals surface area contributed by atoms with Gasteiger partial charge in [-0.25, -0.2) is 0 Å². The van der Waals surface area contributed by atoms with Crippen LogP contribution in [0.15, 0.2) is 0 Å². The van der Waals surface area contributed by atoms with Crippen molar-refractivity contribution in [1.82, 2.24) is 10.2 Å². The Morgan fingerprint density at radius 1 is 1.00 bits per heavy atom. The zero-order chi connectivity index (χ0) is 14.4. The maximum absolute atomic E-state index is 3.85. The quantitative estimate of drug-likeness (QED) is 0.685. The molecule has 118 valence electrons. The van der Waals surface area contributed by atoms with E-state index in [4.69, 9.17) is 0 Å². The Labute approximate surface area is 126 Å². The van der Waals surface area contributed by atoms with Crippen molar-refractivity contribution in [2.24, 2.45) is 11.8 Å². The molecule has 0 aromatic rings. The van der Waals surface area contributed by atoms with Crippen molar-refractivity contribution in [1.29, 1.82) is 0 Å². The lowest BCUT2D eigenvalue weighted by molar-refractivity contribution is 0.133. The molecule has 2 heteroatoms. The number of nitrogens with zero attached hydrogens (tertiary/aromatic N) is 1. The summed E-state index contributed by atoms with van der Waals surface area (Å²) in [5.41, 5.74) is 0. The van der Waals surface area contributed by atoms with Gasteiger partial charge in [0, 0.05) is 18.6 Å². The fraction of sp³-hybridized carbons (Fsp3) is 1.00. The van der Waals surface area contributed by atoms with E-state index in [2.05, 4.69) is 31.0 Å². The van der Waals surface area contributed by atoms with Gasteiger partial charge in [-0.3, -0.25) is 0 Å². The van der Waals surface area contributed by atoms with Crippen molar-refractivity contribution in [2.45, 2.75) is 84.2 Å². The van der Waals surface area contributed by atoms with E-state index < -0.39 is 0 Å². The van der Waals surface area contributed by atoms with E-state index in [1.807, 2.05) is 0 Å². The molecule has 2 fully saturated rings. The van der Waals surface area contributed by atoms with Crippen LogP contribution in [-0.2, 0) is 0 Å². The van der Waals surface area contributed by atoms with Crippen molar-refractivity contribution in [3.63, 3.8) is 0 Å². The molecular weight excluding hydrogens is 244 g/mol. The summed E-state index contributed by atoms with van der Waals surface area (Å²) in [6.45, 7) is 10.9. The lowest BCUT2D eigenvalue weighted by Gasteiger charge is -2.39. The van der Waals surface area contributed by atoms with E-state index >= 15 is 0 Å². The summed E-state index contributed by atoms with van der Waals surface area (Å²) in [5, 5.41) is 3.85. The fourth-order valence-corrected chi connectivity index (χ4v) is 3.98. The molecule has 0 spiro atoms. The highest BCUT2D eigenvalue weighted by Crippen LogP contribution is 2.35. The third-order valence-electron chi connectivity index (χ3n) is 5.37. The van der Waals surface area contributed by atoms with Gasteiger partial charge in [0.15, 0.2) is 0 Å². The second-order valence-corrected chi connectivity index (χ2v) is 7.13. The smallest absolute Gasteiger partial charge is 0.0108 e. The lowest BCUT2D eigenvalue weighted by Crippen LogP contribution is -2.46. The standard InChI is InChI=1S/C18H36N2/c1-4-11-19-18-10-7-15(6-3)13-16(18)14-20(12-5-2)17-8-9-17/h15-19H,4-14H2,1-3H3. The molecule has 2 nitrogen and oxygen atoms in total. The Morgan fingerprint density at radius 3 is 2.40 bits per heavy atom. The van der Waals surface area contributed by atoms with Gasteiger partial charge in [-0.15, -0.1) is 0 Å². The topological polar surface area (TPSA) is 15.3 Å². The second kappa shape index (κ2) is 8.38. The van der Waals surface area contributed by atoms with Crippen molar-refractivity contribution in [3.05, 3.63) is 0 Å². The van der Waals surface area contributed by atoms with Crippen LogP contribution in [0.3, 0.4) is 0 Å². The second-order valence-electron chi connectivity index (χ2n) is 7.13. The number of nitrogens with one attached hydrogen (secondary N) is 1. The van der Waals surface area contributed by atoms with Crippen LogP contribution in [0, 0.1) is 11.8 Å². The molecule has 0 amide bonds. The highest BCUT2D eigenvalue weighted by atomic mass is 15.2. The van der Waals surface area contributed by atoms with Crippen molar-refractivity contribution in [3.8, 4) is 0 Å². The molecule has 0 aromatic heterocycles. The highest BCUT2D eigenvalue weighted by Gasteiger charge is 2.34. The van der Waals surface area contributed by atoms with Gasteiger partial charge in [-0.05, 0) is 69.9 Å². The van der Waals surface area contributed by atoms with Crippen LogP contribution < -0.4 is 5.32 Å². The first kappa shape index (κ1) is 16.3. The van der Waals surface area contributed by atoms with Gasteiger partial charge in [0.05, 0.1) is 0 Å². The maximum atomic E-state index is 3.85. The monoisotopic (exact) mass is 280 g/mol. The molecule has 0 radical (unpaired) electrons. The van der Waals surface area contributed by atoms with E-state index in [1.165, 1.54) is 71.0 Å². The zero-order valence-corrected chi connectivity index (χ0v) is 14.0. The van der Waals surface area contributed by atoms with E-state index in [1.54, 1.807) is 0 Å². The average molecular weight is 280 g/mol. The molecule has 3 atom stereocenters. The van der Waals surface area contributed by atoms with E-state index in [9.17, 15) is 0 Å². The van der Waals surface area contributed by atoms with Gasteiger partial charge in [-0.2, -0.15) is 0 Å². The van der Waals surface area contributed by atoms with Crippen LogP contribution in [0.1, 0.15) is 72.1 Å². The average Bonchev–Trinajstić information content (AvgIpc) is 3.30. The fourth-order valence-electron chi connectivity index (χ4n) is 3.98. The van der Waals surface area contributed by atoms with Gasteiger partial charge < -0.3 is 10.2 Å². The molecule has 20 heavy (non-hydrogen) atoms. The van der Waals surface area contributed by atoms with Gasteiger partial charge in [0.2, 0.25) is 0 Å². The molecule has 0 aromatic carbocycles. The minimum Gasteiger partial charge on any atom is -0.314 e. The molecule has 1 N–H and O–H groups in total. The minimum absolute atomic E-state index is 0.788. The first-order chi connectivity index (χ1) is 9.78. The summed E-state index contributed by atoms with van der Waals surface area (Å²) in [6.07, 6.45) is 11.2. The normalized spacial score (nSPS) is 30.9. The van der Waals surface area contributed by atoms with Gasteiger partial charge in [0.1, 0.15) is 0 Å². The molecule has 2 rings (SSSR count). The molecule has 0 bridgehead atoms.